The fourth-order valence-corrected chi connectivity index (χ4v) is 1.85. The molecule has 0 aliphatic carbocycles. The first-order valence-corrected chi connectivity index (χ1v) is 6.31. The van der Waals surface area contributed by atoms with Crippen LogP contribution in [0.5, 0.6) is 0 Å². The quantitative estimate of drug-likeness (QED) is 0.890. The molecule has 0 fully saturated rings. The lowest BCUT2D eigenvalue weighted by molar-refractivity contribution is 0.442. The van der Waals surface area contributed by atoms with Crippen molar-refractivity contribution < 1.29 is 0 Å². The normalized spacial score (nSPS) is 12.5. The van der Waals surface area contributed by atoms with Gasteiger partial charge < -0.3 is 5.32 Å². The van der Waals surface area contributed by atoms with Crippen LogP contribution < -0.4 is 5.32 Å². The maximum Gasteiger partial charge on any atom is 0.0722 e. The number of nitrogens with zero attached hydrogens (tertiary/aromatic N) is 3. The van der Waals surface area contributed by atoms with Crippen LogP contribution in [0.25, 0.3) is 0 Å². The number of rotatable bonds is 4. The Kier molecular flexibility index (Phi) is 4.18. The molecule has 4 nitrogen and oxygen atoms in total. The van der Waals surface area contributed by atoms with Crippen molar-refractivity contribution in [1.82, 2.24) is 15.1 Å². The molecule has 0 saturated heterocycles. The van der Waals surface area contributed by atoms with Gasteiger partial charge in [0, 0.05) is 37.3 Å². The summed E-state index contributed by atoms with van der Waals surface area (Å²) in [6, 6.07) is 2.29. The van der Waals surface area contributed by atoms with Gasteiger partial charge in [0.25, 0.3) is 0 Å². The molecule has 0 aromatic carbocycles. The first-order valence-electron chi connectivity index (χ1n) is 6.31. The minimum Gasteiger partial charge on any atom is -0.311 e. The van der Waals surface area contributed by atoms with Gasteiger partial charge in [0.1, 0.15) is 0 Å². The van der Waals surface area contributed by atoms with Crippen LogP contribution in [0, 0.1) is 16.7 Å². The van der Waals surface area contributed by atoms with Gasteiger partial charge in [-0.05, 0) is 13.8 Å². The Morgan fingerprint density at radius 3 is 2.44 bits per heavy atom. The highest BCUT2D eigenvalue weighted by molar-refractivity contribution is 5.23. The molecule has 0 unspecified atom stereocenters. The Hall–Kier alpha value is -1.34. The summed E-state index contributed by atoms with van der Waals surface area (Å²) >= 11 is 0. The van der Waals surface area contributed by atoms with E-state index in [1.807, 2.05) is 31.8 Å². The van der Waals surface area contributed by atoms with E-state index < -0.39 is 0 Å². The second kappa shape index (κ2) is 5.11. The second-order valence-electron chi connectivity index (χ2n) is 6.53. The lowest BCUT2D eigenvalue weighted by Gasteiger charge is -2.19. The molecule has 4 heteroatoms. The maximum atomic E-state index is 8.97. The van der Waals surface area contributed by atoms with Gasteiger partial charge in [-0.3, -0.25) is 4.68 Å². The summed E-state index contributed by atoms with van der Waals surface area (Å²) in [6.07, 6.45) is 2.05. The molecule has 1 heterocycles. The topological polar surface area (TPSA) is 53.6 Å². The lowest BCUT2D eigenvalue weighted by atomic mass is 9.89. The van der Waals surface area contributed by atoms with E-state index in [9.17, 15) is 0 Å². The highest BCUT2D eigenvalue weighted by Gasteiger charge is 2.22. The number of hydrogen-bond donors (Lipinski definition) is 1. The van der Waals surface area contributed by atoms with Gasteiger partial charge in [-0.15, -0.1) is 0 Å². The van der Waals surface area contributed by atoms with Gasteiger partial charge in [-0.25, -0.2) is 0 Å². The van der Waals surface area contributed by atoms with Gasteiger partial charge in [-0.2, -0.15) is 10.4 Å². The predicted octanol–water partition coefficient (Wildman–Crippen LogP) is 2.36. The Balaban J connectivity index is 2.72. The minimum absolute atomic E-state index is 0.0447. The molecule has 0 aliphatic heterocycles. The largest absolute Gasteiger partial charge is 0.311 e. The maximum absolute atomic E-state index is 8.97. The fourth-order valence-electron chi connectivity index (χ4n) is 1.85. The zero-order valence-corrected chi connectivity index (χ0v) is 12.3. The number of aryl methyl sites for hydroxylation is 1. The first kappa shape index (κ1) is 14.7. The van der Waals surface area contributed by atoms with Crippen molar-refractivity contribution in [3.8, 4) is 6.07 Å². The molecule has 0 spiro atoms. The van der Waals surface area contributed by atoms with Gasteiger partial charge in [0.2, 0.25) is 0 Å². The van der Waals surface area contributed by atoms with E-state index in [0.717, 1.165) is 12.2 Å². The van der Waals surface area contributed by atoms with E-state index in [4.69, 9.17) is 5.26 Å². The van der Waals surface area contributed by atoms with E-state index in [1.165, 1.54) is 5.56 Å². The minimum atomic E-state index is -0.329. The van der Waals surface area contributed by atoms with E-state index in [-0.39, 0.29) is 10.8 Å². The predicted molar refractivity (Wildman–Crippen MR) is 73.0 cm³/mol. The Morgan fingerprint density at radius 1 is 1.33 bits per heavy atom. The highest BCUT2D eigenvalue weighted by Crippen LogP contribution is 2.24. The van der Waals surface area contributed by atoms with Crippen LogP contribution in [-0.4, -0.2) is 16.3 Å². The average Bonchev–Trinajstić information content (AvgIpc) is 2.59. The van der Waals surface area contributed by atoms with E-state index >= 15 is 0 Å². The van der Waals surface area contributed by atoms with Crippen LogP contribution in [0.3, 0.4) is 0 Å². The van der Waals surface area contributed by atoms with Crippen molar-refractivity contribution in [2.75, 3.05) is 6.54 Å². The summed E-state index contributed by atoms with van der Waals surface area (Å²) in [5.74, 6) is 0. The van der Waals surface area contributed by atoms with Gasteiger partial charge >= 0.3 is 0 Å². The van der Waals surface area contributed by atoms with Gasteiger partial charge in [0.15, 0.2) is 0 Å². The van der Waals surface area contributed by atoms with Crippen LogP contribution >= 0.6 is 0 Å². The third-order valence-corrected chi connectivity index (χ3v) is 2.80. The second-order valence-corrected chi connectivity index (χ2v) is 6.53. The summed E-state index contributed by atoms with van der Waals surface area (Å²) in [7, 11) is 1.94. The molecule has 1 aromatic heterocycles. The van der Waals surface area contributed by atoms with Crippen molar-refractivity contribution in [2.24, 2.45) is 12.5 Å². The molecule has 0 saturated carbocycles. The molecule has 1 aromatic rings. The SMILES string of the molecule is Cn1cc(CNCC(C)(C)C#N)c(C(C)(C)C)n1. The zero-order valence-electron chi connectivity index (χ0n) is 12.3. The van der Waals surface area contributed by atoms with Crippen molar-refractivity contribution in [3.05, 3.63) is 17.5 Å². The van der Waals surface area contributed by atoms with Crippen molar-refractivity contribution in [3.63, 3.8) is 0 Å². The van der Waals surface area contributed by atoms with Crippen LogP contribution in [0.1, 0.15) is 45.9 Å². The first-order chi connectivity index (χ1) is 8.15. The summed E-state index contributed by atoms with van der Waals surface area (Å²) in [5, 5.41) is 16.8. The number of hydrogen-bond acceptors (Lipinski definition) is 3. The van der Waals surface area contributed by atoms with Crippen molar-refractivity contribution in [2.45, 2.75) is 46.6 Å². The third kappa shape index (κ3) is 3.85. The van der Waals surface area contributed by atoms with Crippen molar-refractivity contribution in [1.29, 1.82) is 5.26 Å². The number of nitriles is 1. The molecular formula is C14H24N4. The monoisotopic (exact) mass is 248 g/mol. The standard InChI is InChI=1S/C14H24N4/c1-13(2,3)12-11(8-18(6)17-12)7-16-10-14(4,5)9-15/h8,16H,7,10H2,1-6H3. The highest BCUT2D eigenvalue weighted by atomic mass is 15.3. The molecule has 0 aliphatic rings. The van der Waals surface area contributed by atoms with Crippen LogP contribution in [0.15, 0.2) is 6.20 Å². The van der Waals surface area contributed by atoms with E-state index in [2.05, 4.69) is 37.3 Å². The summed E-state index contributed by atoms with van der Waals surface area (Å²) < 4.78 is 1.85. The summed E-state index contributed by atoms with van der Waals surface area (Å²) in [4.78, 5) is 0. The number of aromatic nitrogens is 2. The van der Waals surface area contributed by atoms with E-state index in [0.29, 0.717) is 6.54 Å². The lowest BCUT2D eigenvalue weighted by Crippen LogP contribution is -2.28. The molecule has 1 N–H and O–H groups in total. The summed E-state index contributed by atoms with van der Waals surface area (Å²) in [5.41, 5.74) is 2.04. The molecule has 0 amide bonds. The number of nitrogens with one attached hydrogen (secondary N) is 1. The molecular weight excluding hydrogens is 224 g/mol. The average molecular weight is 248 g/mol. The van der Waals surface area contributed by atoms with Crippen LogP contribution in [-0.2, 0) is 19.0 Å². The molecule has 1 rings (SSSR count). The molecule has 0 atom stereocenters. The van der Waals surface area contributed by atoms with Gasteiger partial charge in [0.05, 0.1) is 17.2 Å². The molecule has 18 heavy (non-hydrogen) atoms. The van der Waals surface area contributed by atoms with Crippen LogP contribution in [0.4, 0.5) is 0 Å². The van der Waals surface area contributed by atoms with Crippen molar-refractivity contribution >= 4 is 0 Å². The Bertz CT molecular complexity index is 443. The van der Waals surface area contributed by atoms with Crippen LogP contribution in [0.2, 0.25) is 0 Å². The molecule has 0 bridgehead atoms. The Labute approximate surface area is 110 Å². The summed E-state index contributed by atoms with van der Waals surface area (Å²) in [6.45, 7) is 11.8. The Morgan fingerprint density at radius 2 is 1.94 bits per heavy atom. The molecule has 100 valence electrons. The zero-order chi connectivity index (χ0) is 14.0. The third-order valence-electron chi connectivity index (χ3n) is 2.80. The van der Waals surface area contributed by atoms with Gasteiger partial charge in [-0.1, -0.05) is 20.8 Å². The fraction of sp³-hybridized carbons (Fsp3) is 0.714. The smallest absolute Gasteiger partial charge is 0.0722 e. The molecule has 0 radical (unpaired) electrons. The van der Waals surface area contributed by atoms with E-state index in [1.54, 1.807) is 0 Å².